The minimum absolute atomic E-state index is 0.112. The fourth-order valence-corrected chi connectivity index (χ4v) is 4.78. The molecular formula is C15H20O4. The first kappa shape index (κ1) is 11.9. The molecule has 1 N–H and O–H groups in total. The second-order valence-electron chi connectivity index (χ2n) is 6.86. The van der Waals surface area contributed by atoms with E-state index < -0.39 is 6.10 Å². The molecule has 0 spiro atoms. The molecule has 19 heavy (non-hydrogen) atoms. The zero-order valence-electron chi connectivity index (χ0n) is 11.3. The van der Waals surface area contributed by atoms with Crippen molar-refractivity contribution in [3.63, 3.8) is 0 Å². The maximum atomic E-state index is 11.9. The lowest BCUT2D eigenvalue weighted by Gasteiger charge is -2.31. The molecule has 0 amide bonds. The Morgan fingerprint density at radius 1 is 1.47 bits per heavy atom. The van der Waals surface area contributed by atoms with Gasteiger partial charge in [-0.15, -0.1) is 0 Å². The van der Waals surface area contributed by atoms with Gasteiger partial charge in [-0.1, -0.05) is 19.1 Å². The Hall–Kier alpha value is -0.870. The predicted octanol–water partition coefficient (Wildman–Crippen LogP) is 1.28. The molecule has 8 atom stereocenters. The molecule has 0 aromatic rings. The lowest BCUT2D eigenvalue weighted by Crippen LogP contribution is -2.40. The number of esters is 1. The van der Waals surface area contributed by atoms with Crippen molar-refractivity contribution in [1.82, 2.24) is 0 Å². The summed E-state index contributed by atoms with van der Waals surface area (Å²) in [6.45, 7) is 8.14. The Kier molecular flexibility index (Phi) is 2.14. The number of aliphatic hydroxyl groups excluding tert-OH is 1. The minimum Gasteiger partial charge on any atom is -0.461 e. The van der Waals surface area contributed by atoms with Crippen molar-refractivity contribution in [1.29, 1.82) is 0 Å². The third-order valence-corrected chi connectivity index (χ3v) is 5.92. The molecule has 0 aromatic heterocycles. The van der Waals surface area contributed by atoms with Crippen LogP contribution in [0.2, 0.25) is 0 Å². The van der Waals surface area contributed by atoms with E-state index >= 15 is 0 Å². The van der Waals surface area contributed by atoms with Crippen molar-refractivity contribution in [2.45, 2.75) is 50.6 Å². The minimum atomic E-state index is -0.523. The average Bonchev–Trinajstić information content (AvgIpc) is 2.79. The van der Waals surface area contributed by atoms with Gasteiger partial charge in [0.1, 0.15) is 6.10 Å². The average molecular weight is 264 g/mol. The fourth-order valence-electron chi connectivity index (χ4n) is 4.78. The van der Waals surface area contributed by atoms with Crippen molar-refractivity contribution in [2.75, 3.05) is 0 Å². The van der Waals surface area contributed by atoms with Gasteiger partial charge in [-0.3, -0.25) is 4.79 Å². The molecule has 2 aliphatic heterocycles. The van der Waals surface area contributed by atoms with Crippen LogP contribution in [0.15, 0.2) is 12.2 Å². The summed E-state index contributed by atoms with van der Waals surface area (Å²) < 4.78 is 11.4. The molecule has 4 aliphatic rings. The summed E-state index contributed by atoms with van der Waals surface area (Å²) in [6, 6.07) is 0. The number of carbonyl (C=O) groups excluding carboxylic acids is 1. The van der Waals surface area contributed by atoms with Crippen LogP contribution in [0.1, 0.15) is 26.7 Å². The van der Waals surface area contributed by atoms with Gasteiger partial charge in [0, 0.05) is 11.8 Å². The Balaban J connectivity index is 1.78. The third kappa shape index (κ3) is 1.34. The van der Waals surface area contributed by atoms with Crippen LogP contribution in [-0.2, 0) is 14.3 Å². The topological polar surface area (TPSA) is 59.1 Å². The Morgan fingerprint density at radius 2 is 2.21 bits per heavy atom. The normalized spacial score (nSPS) is 59.0. The number of rotatable bonds is 0. The molecule has 4 rings (SSSR count). The van der Waals surface area contributed by atoms with Crippen LogP contribution in [0.25, 0.3) is 0 Å². The van der Waals surface area contributed by atoms with Gasteiger partial charge >= 0.3 is 5.97 Å². The second-order valence-corrected chi connectivity index (χ2v) is 6.86. The zero-order chi connectivity index (χ0) is 13.5. The number of epoxide rings is 1. The van der Waals surface area contributed by atoms with Crippen LogP contribution in [0.5, 0.6) is 0 Å². The van der Waals surface area contributed by atoms with E-state index in [9.17, 15) is 9.90 Å². The zero-order valence-corrected chi connectivity index (χ0v) is 11.3. The van der Waals surface area contributed by atoms with E-state index in [-0.39, 0.29) is 41.5 Å². The molecule has 0 bridgehead atoms. The van der Waals surface area contributed by atoms with Gasteiger partial charge < -0.3 is 14.6 Å². The van der Waals surface area contributed by atoms with E-state index in [4.69, 9.17) is 9.47 Å². The highest BCUT2D eigenvalue weighted by Gasteiger charge is 2.71. The van der Waals surface area contributed by atoms with Crippen LogP contribution in [0, 0.1) is 23.7 Å². The molecule has 2 saturated heterocycles. The number of carbonyl (C=O) groups is 1. The summed E-state index contributed by atoms with van der Waals surface area (Å²) in [7, 11) is 0. The quantitative estimate of drug-likeness (QED) is 0.407. The first-order valence-electron chi connectivity index (χ1n) is 7.17. The van der Waals surface area contributed by atoms with Gasteiger partial charge in [0.2, 0.25) is 0 Å². The van der Waals surface area contributed by atoms with Gasteiger partial charge in [-0.2, -0.15) is 0 Å². The summed E-state index contributed by atoms with van der Waals surface area (Å²) in [5, 5.41) is 10.4. The molecule has 4 heteroatoms. The lowest BCUT2D eigenvalue weighted by molar-refractivity contribution is -0.147. The second kappa shape index (κ2) is 3.41. The molecule has 2 saturated carbocycles. The largest absolute Gasteiger partial charge is 0.461 e. The third-order valence-electron chi connectivity index (χ3n) is 5.92. The van der Waals surface area contributed by atoms with Crippen LogP contribution in [0.3, 0.4) is 0 Å². The van der Waals surface area contributed by atoms with E-state index in [0.717, 1.165) is 12.0 Å². The highest BCUT2D eigenvalue weighted by Crippen LogP contribution is 2.63. The van der Waals surface area contributed by atoms with Crippen LogP contribution < -0.4 is 0 Å². The molecule has 0 radical (unpaired) electrons. The van der Waals surface area contributed by atoms with Crippen molar-refractivity contribution in [2.24, 2.45) is 23.7 Å². The van der Waals surface area contributed by atoms with Gasteiger partial charge in [0.25, 0.3) is 0 Å². The van der Waals surface area contributed by atoms with E-state index in [1.54, 1.807) is 0 Å². The number of fused-ring (bicyclic) bond motifs is 5. The Labute approximate surface area is 112 Å². The maximum Gasteiger partial charge on any atom is 0.309 e. The van der Waals surface area contributed by atoms with Gasteiger partial charge in [0.05, 0.1) is 23.7 Å². The molecule has 4 nitrogen and oxygen atoms in total. The van der Waals surface area contributed by atoms with Gasteiger partial charge in [0.15, 0.2) is 0 Å². The van der Waals surface area contributed by atoms with E-state index in [0.29, 0.717) is 12.3 Å². The summed E-state index contributed by atoms with van der Waals surface area (Å²) in [6.07, 6.45) is 1.10. The van der Waals surface area contributed by atoms with Crippen LogP contribution in [0.4, 0.5) is 0 Å². The number of hydrogen-bond donors (Lipinski definition) is 1. The summed E-state index contributed by atoms with van der Waals surface area (Å²) in [5.41, 5.74) is 0.928. The first-order valence-corrected chi connectivity index (χ1v) is 7.17. The van der Waals surface area contributed by atoms with Crippen LogP contribution in [-0.4, -0.2) is 35.0 Å². The number of hydrogen-bond acceptors (Lipinski definition) is 4. The lowest BCUT2D eigenvalue weighted by atomic mass is 9.77. The molecule has 2 aliphatic carbocycles. The summed E-state index contributed by atoms with van der Waals surface area (Å²) in [4.78, 5) is 11.9. The monoisotopic (exact) mass is 264 g/mol. The van der Waals surface area contributed by atoms with Gasteiger partial charge in [-0.05, 0) is 25.7 Å². The van der Waals surface area contributed by atoms with Crippen molar-refractivity contribution in [3.8, 4) is 0 Å². The smallest absolute Gasteiger partial charge is 0.309 e. The highest BCUT2D eigenvalue weighted by molar-refractivity contribution is 5.75. The summed E-state index contributed by atoms with van der Waals surface area (Å²) >= 11 is 0. The standard InChI is InChI=1S/C15H20O4/c1-6-4-9(16)11-7(2)14(17)18-13(11)12-8(6)5-10-15(12,3)19-10/h7-13,16H,1,4-5H2,2-3H3/t7-,8+,9-,10-,11-,12+,13-,15+/m1/s1. The Morgan fingerprint density at radius 3 is 2.95 bits per heavy atom. The first-order chi connectivity index (χ1) is 8.93. The molecule has 104 valence electrons. The SMILES string of the molecule is C=C1C[C@@H](O)[C@@H]2[C@@H](OC(=O)[C@@H]2C)[C@@H]2[C@H]1C[C@H]1O[C@]21C. The summed E-state index contributed by atoms with van der Waals surface area (Å²) in [5.74, 6) is -0.0208. The molecular weight excluding hydrogens is 244 g/mol. The van der Waals surface area contributed by atoms with E-state index in [1.165, 1.54) is 0 Å². The number of aliphatic hydroxyl groups is 1. The molecule has 0 aromatic carbocycles. The van der Waals surface area contributed by atoms with Crippen molar-refractivity contribution >= 4 is 5.97 Å². The fraction of sp³-hybridized carbons (Fsp3) is 0.800. The molecule has 2 heterocycles. The van der Waals surface area contributed by atoms with Crippen LogP contribution >= 0.6 is 0 Å². The maximum absolute atomic E-state index is 11.9. The Bertz CT molecular complexity index is 473. The van der Waals surface area contributed by atoms with E-state index in [2.05, 4.69) is 13.5 Å². The van der Waals surface area contributed by atoms with Gasteiger partial charge in [-0.25, -0.2) is 0 Å². The van der Waals surface area contributed by atoms with E-state index in [1.807, 2.05) is 6.92 Å². The number of ether oxygens (including phenoxy) is 2. The predicted molar refractivity (Wildman–Crippen MR) is 67.2 cm³/mol. The molecule has 0 unspecified atom stereocenters. The van der Waals surface area contributed by atoms with Crippen molar-refractivity contribution < 1.29 is 19.4 Å². The molecule has 4 fully saturated rings. The van der Waals surface area contributed by atoms with Crippen molar-refractivity contribution in [3.05, 3.63) is 12.2 Å². The highest BCUT2D eigenvalue weighted by atomic mass is 16.6.